The number of nitrogens with one attached hydrogen (secondary N) is 1. The molecule has 92 valence electrons. The molecular formula is C13H17NO2S. The molecule has 17 heavy (non-hydrogen) atoms. The predicted octanol–water partition coefficient (Wildman–Crippen LogP) is 1.91. The Morgan fingerprint density at radius 3 is 2.88 bits per heavy atom. The van der Waals surface area contributed by atoms with Crippen LogP contribution in [-0.2, 0) is 0 Å². The van der Waals surface area contributed by atoms with Gasteiger partial charge in [0, 0.05) is 11.4 Å². The first kappa shape index (κ1) is 12.5. The second-order valence-corrected chi connectivity index (χ2v) is 5.16. The highest BCUT2D eigenvalue weighted by Crippen LogP contribution is 2.32. The molecule has 0 bridgehead atoms. The highest BCUT2D eigenvalue weighted by molar-refractivity contribution is 7.98. The van der Waals surface area contributed by atoms with Crippen LogP contribution in [0.2, 0.25) is 0 Å². The van der Waals surface area contributed by atoms with Crippen molar-refractivity contribution in [3.05, 3.63) is 29.8 Å². The van der Waals surface area contributed by atoms with Crippen molar-refractivity contribution in [3.63, 3.8) is 0 Å². The van der Waals surface area contributed by atoms with Crippen LogP contribution in [0.3, 0.4) is 0 Å². The molecule has 0 spiro atoms. The normalized spacial score (nSPS) is 16.6. The Morgan fingerprint density at radius 1 is 1.53 bits per heavy atom. The fourth-order valence-electron chi connectivity index (χ4n) is 1.77. The van der Waals surface area contributed by atoms with Gasteiger partial charge in [0.05, 0.1) is 11.7 Å². The van der Waals surface area contributed by atoms with Gasteiger partial charge in [-0.3, -0.25) is 4.79 Å². The van der Waals surface area contributed by atoms with E-state index in [4.69, 9.17) is 0 Å². The summed E-state index contributed by atoms with van der Waals surface area (Å²) in [5, 5.41) is 12.5. The lowest BCUT2D eigenvalue weighted by atomic mass is 10.2. The number of hydrogen-bond donors (Lipinski definition) is 2. The minimum absolute atomic E-state index is 0.102. The van der Waals surface area contributed by atoms with E-state index in [1.54, 1.807) is 11.8 Å². The molecule has 1 saturated carbocycles. The number of benzene rings is 1. The van der Waals surface area contributed by atoms with Crippen LogP contribution in [0, 0.1) is 5.92 Å². The molecule has 2 N–H and O–H groups in total. The van der Waals surface area contributed by atoms with Crippen molar-refractivity contribution >= 4 is 17.7 Å². The molecule has 0 aliphatic heterocycles. The van der Waals surface area contributed by atoms with Gasteiger partial charge in [0.15, 0.2) is 0 Å². The molecule has 1 amide bonds. The second-order valence-electron chi connectivity index (χ2n) is 4.32. The van der Waals surface area contributed by atoms with Crippen molar-refractivity contribution in [1.82, 2.24) is 5.32 Å². The van der Waals surface area contributed by atoms with Crippen LogP contribution < -0.4 is 5.32 Å². The van der Waals surface area contributed by atoms with Crippen LogP contribution in [-0.4, -0.2) is 29.9 Å². The Morgan fingerprint density at radius 2 is 2.24 bits per heavy atom. The third-order valence-electron chi connectivity index (χ3n) is 2.99. The number of aliphatic hydroxyl groups is 1. The molecular weight excluding hydrogens is 234 g/mol. The monoisotopic (exact) mass is 251 g/mol. The Hall–Kier alpha value is -1.00. The first-order chi connectivity index (χ1) is 8.22. The SMILES string of the molecule is CSc1ccccc1C(=O)NCC(O)C1CC1. The molecule has 1 unspecified atom stereocenters. The summed E-state index contributed by atoms with van der Waals surface area (Å²) in [5.74, 6) is 0.292. The summed E-state index contributed by atoms with van der Waals surface area (Å²) in [6.07, 6.45) is 3.72. The molecule has 1 aromatic carbocycles. The minimum atomic E-state index is -0.389. The lowest BCUT2D eigenvalue weighted by Gasteiger charge is -2.12. The number of carbonyl (C=O) groups excluding carboxylic acids is 1. The number of amides is 1. The number of rotatable bonds is 5. The van der Waals surface area contributed by atoms with Gasteiger partial charge in [-0.25, -0.2) is 0 Å². The molecule has 4 heteroatoms. The first-order valence-corrected chi connectivity index (χ1v) is 7.04. The van der Waals surface area contributed by atoms with Crippen LogP contribution in [0.1, 0.15) is 23.2 Å². The number of thioether (sulfide) groups is 1. The van der Waals surface area contributed by atoms with E-state index in [0.717, 1.165) is 17.7 Å². The van der Waals surface area contributed by atoms with Crippen LogP contribution in [0.15, 0.2) is 29.2 Å². The van der Waals surface area contributed by atoms with E-state index >= 15 is 0 Å². The van der Waals surface area contributed by atoms with E-state index in [9.17, 15) is 9.90 Å². The topological polar surface area (TPSA) is 49.3 Å². The maximum absolute atomic E-state index is 11.9. The summed E-state index contributed by atoms with van der Waals surface area (Å²) in [4.78, 5) is 12.9. The molecule has 1 atom stereocenters. The molecule has 3 nitrogen and oxygen atoms in total. The smallest absolute Gasteiger partial charge is 0.252 e. The van der Waals surface area contributed by atoms with Crippen molar-refractivity contribution < 1.29 is 9.90 Å². The first-order valence-electron chi connectivity index (χ1n) is 5.81. The molecule has 1 fully saturated rings. The van der Waals surface area contributed by atoms with Crippen molar-refractivity contribution in [2.45, 2.75) is 23.8 Å². The molecule has 1 aliphatic rings. The Kier molecular flexibility index (Phi) is 4.07. The van der Waals surface area contributed by atoms with Gasteiger partial charge >= 0.3 is 0 Å². The summed E-state index contributed by atoms with van der Waals surface area (Å²) in [5.41, 5.74) is 0.683. The predicted molar refractivity (Wildman–Crippen MR) is 69.3 cm³/mol. The standard InChI is InChI=1S/C13H17NO2S/c1-17-12-5-3-2-4-10(12)13(16)14-8-11(15)9-6-7-9/h2-5,9,11,15H,6-8H2,1H3,(H,14,16). The highest BCUT2D eigenvalue weighted by Gasteiger charge is 2.29. The summed E-state index contributed by atoms with van der Waals surface area (Å²) in [7, 11) is 0. The zero-order chi connectivity index (χ0) is 12.3. The molecule has 0 heterocycles. The largest absolute Gasteiger partial charge is 0.391 e. The van der Waals surface area contributed by atoms with Crippen molar-refractivity contribution in [3.8, 4) is 0 Å². The third-order valence-corrected chi connectivity index (χ3v) is 3.79. The van der Waals surface area contributed by atoms with E-state index in [2.05, 4.69) is 5.32 Å². The van der Waals surface area contributed by atoms with Gasteiger partial charge in [-0.05, 0) is 37.1 Å². The van der Waals surface area contributed by atoms with Crippen LogP contribution in [0.5, 0.6) is 0 Å². The third kappa shape index (κ3) is 3.23. The van der Waals surface area contributed by atoms with E-state index in [0.29, 0.717) is 18.0 Å². The van der Waals surface area contributed by atoms with E-state index in [1.807, 2.05) is 30.5 Å². The Balaban J connectivity index is 1.94. The van der Waals surface area contributed by atoms with Crippen molar-refractivity contribution in [2.75, 3.05) is 12.8 Å². The summed E-state index contributed by atoms with van der Waals surface area (Å²) in [6.45, 7) is 0.353. The molecule has 1 aliphatic carbocycles. The number of aliphatic hydroxyl groups excluding tert-OH is 1. The highest BCUT2D eigenvalue weighted by atomic mass is 32.2. The zero-order valence-electron chi connectivity index (χ0n) is 9.85. The maximum Gasteiger partial charge on any atom is 0.252 e. The Bertz CT molecular complexity index is 404. The van der Waals surface area contributed by atoms with E-state index in [1.165, 1.54) is 0 Å². The molecule has 0 saturated heterocycles. The van der Waals surface area contributed by atoms with Crippen molar-refractivity contribution in [1.29, 1.82) is 0 Å². The summed E-state index contributed by atoms with van der Waals surface area (Å²) < 4.78 is 0. The minimum Gasteiger partial charge on any atom is -0.391 e. The zero-order valence-corrected chi connectivity index (χ0v) is 10.7. The summed E-state index contributed by atoms with van der Waals surface area (Å²) >= 11 is 1.55. The van der Waals surface area contributed by atoms with E-state index in [-0.39, 0.29) is 12.0 Å². The van der Waals surface area contributed by atoms with Gasteiger partial charge in [-0.1, -0.05) is 12.1 Å². The maximum atomic E-state index is 11.9. The molecule has 0 aromatic heterocycles. The van der Waals surface area contributed by atoms with Gasteiger partial charge in [-0.15, -0.1) is 11.8 Å². The van der Waals surface area contributed by atoms with Gasteiger partial charge < -0.3 is 10.4 Å². The van der Waals surface area contributed by atoms with Crippen molar-refractivity contribution in [2.24, 2.45) is 5.92 Å². The number of hydrogen-bond acceptors (Lipinski definition) is 3. The Labute approximate surface area is 106 Å². The van der Waals surface area contributed by atoms with Crippen LogP contribution >= 0.6 is 11.8 Å². The fraction of sp³-hybridized carbons (Fsp3) is 0.462. The second kappa shape index (κ2) is 5.56. The lowest BCUT2D eigenvalue weighted by molar-refractivity contribution is 0.0898. The van der Waals surface area contributed by atoms with Gasteiger partial charge in [0.25, 0.3) is 5.91 Å². The quantitative estimate of drug-likeness (QED) is 0.786. The van der Waals surface area contributed by atoms with E-state index < -0.39 is 0 Å². The lowest BCUT2D eigenvalue weighted by Crippen LogP contribution is -2.33. The molecule has 1 aromatic rings. The summed E-state index contributed by atoms with van der Waals surface area (Å²) in [6, 6.07) is 7.51. The average Bonchev–Trinajstić information content (AvgIpc) is 3.19. The van der Waals surface area contributed by atoms with Gasteiger partial charge in [0.1, 0.15) is 0 Å². The van der Waals surface area contributed by atoms with Gasteiger partial charge in [-0.2, -0.15) is 0 Å². The number of carbonyl (C=O) groups is 1. The molecule has 2 rings (SSSR count). The van der Waals surface area contributed by atoms with Crippen LogP contribution in [0.4, 0.5) is 0 Å². The molecule has 0 radical (unpaired) electrons. The average molecular weight is 251 g/mol. The fourth-order valence-corrected chi connectivity index (χ4v) is 2.37. The van der Waals surface area contributed by atoms with Crippen LogP contribution in [0.25, 0.3) is 0 Å². The van der Waals surface area contributed by atoms with Gasteiger partial charge in [0.2, 0.25) is 0 Å².